The number of nitrogens with zero attached hydrogens (tertiary/aromatic N) is 1. The maximum Gasteiger partial charge on any atom is 0.228 e. The predicted molar refractivity (Wildman–Crippen MR) is 105 cm³/mol. The van der Waals surface area contributed by atoms with Gasteiger partial charge < -0.3 is 19.9 Å². The van der Waals surface area contributed by atoms with Crippen LogP contribution in [-0.2, 0) is 16.0 Å². The lowest BCUT2D eigenvalue weighted by Gasteiger charge is -2.30. The van der Waals surface area contributed by atoms with Gasteiger partial charge in [-0.25, -0.2) is 4.39 Å². The van der Waals surface area contributed by atoms with Crippen molar-refractivity contribution in [1.29, 1.82) is 0 Å². The zero-order valence-corrected chi connectivity index (χ0v) is 15.2. The number of hydrogen-bond donors (Lipinski definition) is 2. The molecule has 0 saturated carbocycles. The summed E-state index contributed by atoms with van der Waals surface area (Å²) in [5.41, 5.74) is 4.33. The number of aryl methyl sites for hydroxylation is 1. The molecule has 1 aliphatic rings. The Morgan fingerprint density at radius 1 is 1.22 bits per heavy atom. The Bertz CT molecular complexity index is 977. The topological polar surface area (TPSA) is 57.4 Å². The number of amides is 1. The Balaban J connectivity index is 1.56. The summed E-state index contributed by atoms with van der Waals surface area (Å²) >= 11 is 0. The molecule has 1 aliphatic heterocycles. The number of halogens is 1. The van der Waals surface area contributed by atoms with E-state index in [0.29, 0.717) is 13.2 Å². The van der Waals surface area contributed by atoms with Crippen molar-refractivity contribution in [3.8, 4) is 0 Å². The second-order valence-corrected chi connectivity index (χ2v) is 6.76. The first-order chi connectivity index (χ1) is 13.1. The molecule has 1 fully saturated rings. The van der Waals surface area contributed by atoms with Crippen LogP contribution in [0.5, 0.6) is 0 Å². The molecule has 1 saturated heterocycles. The van der Waals surface area contributed by atoms with Crippen LogP contribution in [0, 0.1) is 12.7 Å². The van der Waals surface area contributed by atoms with E-state index in [9.17, 15) is 9.18 Å². The van der Waals surface area contributed by atoms with Gasteiger partial charge in [0.25, 0.3) is 0 Å². The van der Waals surface area contributed by atoms with Crippen LogP contribution in [0.2, 0.25) is 0 Å². The van der Waals surface area contributed by atoms with Crippen LogP contribution < -0.4 is 10.2 Å². The summed E-state index contributed by atoms with van der Waals surface area (Å²) in [5.74, 6) is -0.426. The second kappa shape index (κ2) is 7.40. The average Bonchev–Trinajstić information content (AvgIpc) is 2.98. The molecule has 2 N–H and O–H groups in total. The number of rotatable bonds is 4. The van der Waals surface area contributed by atoms with Crippen molar-refractivity contribution in [2.75, 3.05) is 36.5 Å². The van der Waals surface area contributed by atoms with E-state index in [4.69, 9.17) is 4.74 Å². The molecule has 0 atom stereocenters. The molecule has 2 heterocycles. The lowest BCUT2D eigenvalue weighted by molar-refractivity contribution is -0.115. The van der Waals surface area contributed by atoms with Crippen molar-refractivity contribution < 1.29 is 13.9 Å². The number of H-pyrrole nitrogens is 1. The van der Waals surface area contributed by atoms with Crippen LogP contribution in [0.25, 0.3) is 10.9 Å². The molecule has 27 heavy (non-hydrogen) atoms. The number of aromatic amines is 1. The van der Waals surface area contributed by atoms with Crippen molar-refractivity contribution in [3.05, 3.63) is 59.5 Å². The average molecular weight is 367 g/mol. The van der Waals surface area contributed by atoms with Crippen molar-refractivity contribution in [2.24, 2.45) is 0 Å². The van der Waals surface area contributed by atoms with Gasteiger partial charge in [-0.3, -0.25) is 4.79 Å². The zero-order valence-electron chi connectivity index (χ0n) is 15.2. The van der Waals surface area contributed by atoms with Crippen LogP contribution in [-0.4, -0.2) is 37.2 Å². The summed E-state index contributed by atoms with van der Waals surface area (Å²) in [6.07, 6.45) is 0.187. The third kappa shape index (κ3) is 3.66. The molecule has 5 nitrogen and oxygen atoms in total. The number of carbonyl (C=O) groups is 1. The van der Waals surface area contributed by atoms with Crippen molar-refractivity contribution in [2.45, 2.75) is 13.3 Å². The lowest BCUT2D eigenvalue weighted by Crippen LogP contribution is -2.36. The standard InChI is InChI=1S/C21H22FN3O2/c1-14-16(17-12-15(22)6-7-18(17)23-14)13-21(26)24-19-4-2-3-5-20(19)25-8-10-27-11-9-25/h2-7,12,23H,8-11,13H2,1H3,(H,24,26). The van der Waals surface area contributed by atoms with E-state index in [2.05, 4.69) is 15.2 Å². The molecule has 0 radical (unpaired) electrons. The van der Waals surface area contributed by atoms with Crippen LogP contribution in [0.3, 0.4) is 0 Å². The third-order valence-corrected chi connectivity index (χ3v) is 4.95. The SMILES string of the molecule is Cc1[nH]c2ccc(F)cc2c1CC(=O)Nc1ccccc1N1CCOCC1. The molecule has 0 bridgehead atoms. The molecule has 0 aliphatic carbocycles. The first kappa shape index (κ1) is 17.5. The molecule has 140 valence electrons. The number of anilines is 2. The van der Waals surface area contributed by atoms with Crippen molar-refractivity contribution in [1.82, 2.24) is 4.98 Å². The number of nitrogens with one attached hydrogen (secondary N) is 2. The van der Waals surface area contributed by atoms with E-state index < -0.39 is 0 Å². The molecule has 0 unspecified atom stereocenters. The summed E-state index contributed by atoms with van der Waals surface area (Å²) < 4.78 is 19.1. The number of ether oxygens (including phenoxy) is 1. The zero-order chi connectivity index (χ0) is 18.8. The number of para-hydroxylation sites is 2. The van der Waals surface area contributed by atoms with Gasteiger partial charge in [-0.2, -0.15) is 0 Å². The molecular formula is C21H22FN3O2. The predicted octanol–water partition coefficient (Wildman–Crippen LogP) is 3.63. The van der Waals surface area contributed by atoms with E-state index in [0.717, 1.165) is 46.6 Å². The number of morpholine rings is 1. The fourth-order valence-electron chi connectivity index (χ4n) is 3.60. The summed E-state index contributed by atoms with van der Waals surface area (Å²) in [6.45, 7) is 4.87. The molecular weight excluding hydrogens is 345 g/mol. The minimum atomic E-state index is -0.305. The van der Waals surface area contributed by atoms with Crippen LogP contribution in [0.1, 0.15) is 11.3 Å². The van der Waals surface area contributed by atoms with Gasteiger partial charge in [-0.05, 0) is 42.8 Å². The minimum absolute atomic E-state index is 0.121. The van der Waals surface area contributed by atoms with Crippen LogP contribution in [0.15, 0.2) is 42.5 Å². The third-order valence-electron chi connectivity index (χ3n) is 4.95. The first-order valence-electron chi connectivity index (χ1n) is 9.10. The molecule has 0 spiro atoms. The van der Waals surface area contributed by atoms with E-state index in [1.807, 2.05) is 31.2 Å². The summed E-state index contributed by atoms with van der Waals surface area (Å²) in [4.78, 5) is 18.2. The lowest BCUT2D eigenvalue weighted by atomic mass is 10.1. The first-order valence-corrected chi connectivity index (χ1v) is 9.10. The Labute approximate surface area is 157 Å². The van der Waals surface area contributed by atoms with Crippen LogP contribution in [0.4, 0.5) is 15.8 Å². The van der Waals surface area contributed by atoms with Gasteiger partial charge in [0.2, 0.25) is 5.91 Å². The molecule has 1 amide bonds. The van der Waals surface area contributed by atoms with Gasteiger partial charge in [0.05, 0.1) is 31.0 Å². The maximum absolute atomic E-state index is 13.6. The van der Waals surface area contributed by atoms with Crippen molar-refractivity contribution >= 4 is 28.2 Å². The second-order valence-electron chi connectivity index (χ2n) is 6.76. The van der Waals surface area contributed by atoms with E-state index in [1.165, 1.54) is 12.1 Å². The quantitative estimate of drug-likeness (QED) is 0.740. The van der Waals surface area contributed by atoms with Gasteiger partial charge in [0.1, 0.15) is 5.82 Å². The number of benzene rings is 2. The van der Waals surface area contributed by atoms with Crippen LogP contribution >= 0.6 is 0 Å². The normalized spacial score (nSPS) is 14.5. The summed E-state index contributed by atoms with van der Waals surface area (Å²) in [7, 11) is 0. The Hall–Kier alpha value is -2.86. The van der Waals surface area contributed by atoms with Gasteiger partial charge in [0.15, 0.2) is 0 Å². The van der Waals surface area contributed by atoms with Gasteiger partial charge in [-0.15, -0.1) is 0 Å². The highest BCUT2D eigenvalue weighted by atomic mass is 19.1. The fourth-order valence-corrected chi connectivity index (χ4v) is 3.60. The largest absolute Gasteiger partial charge is 0.378 e. The molecule has 3 aromatic rings. The monoisotopic (exact) mass is 367 g/mol. The number of fused-ring (bicyclic) bond motifs is 1. The van der Waals surface area contributed by atoms with E-state index in [-0.39, 0.29) is 18.1 Å². The molecule has 4 rings (SSSR count). The molecule has 1 aromatic heterocycles. The maximum atomic E-state index is 13.6. The van der Waals surface area contributed by atoms with Gasteiger partial charge >= 0.3 is 0 Å². The van der Waals surface area contributed by atoms with Gasteiger partial charge in [0, 0.05) is 29.7 Å². The highest BCUT2D eigenvalue weighted by Gasteiger charge is 2.17. The highest BCUT2D eigenvalue weighted by molar-refractivity contribution is 5.98. The summed E-state index contributed by atoms with van der Waals surface area (Å²) in [6, 6.07) is 12.4. The fraction of sp³-hybridized carbons (Fsp3) is 0.286. The Kier molecular flexibility index (Phi) is 4.81. The number of carbonyl (C=O) groups excluding carboxylic acids is 1. The number of aromatic nitrogens is 1. The highest BCUT2D eigenvalue weighted by Crippen LogP contribution is 2.28. The Morgan fingerprint density at radius 2 is 2.00 bits per heavy atom. The van der Waals surface area contributed by atoms with Gasteiger partial charge in [-0.1, -0.05) is 12.1 Å². The number of hydrogen-bond acceptors (Lipinski definition) is 3. The van der Waals surface area contributed by atoms with E-state index >= 15 is 0 Å². The van der Waals surface area contributed by atoms with Crippen molar-refractivity contribution in [3.63, 3.8) is 0 Å². The smallest absolute Gasteiger partial charge is 0.228 e. The van der Waals surface area contributed by atoms with E-state index in [1.54, 1.807) is 6.07 Å². The minimum Gasteiger partial charge on any atom is -0.378 e. The summed E-state index contributed by atoms with van der Waals surface area (Å²) in [5, 5.41) is 3.78. The Morgan fingerprint density at radius 3 is 2.81 bits per heavy atom. The molecule has 6 heteroatoms. The molecule has 2 aromatic carbocycles.